The van der Waals surface area contributed by atoms with E-state index in [0.29, 0.717) is 6.04 Å². The van der Waals surface area contributed by atoms with Gasteiger partial charge in [0.05, 0.1) is 6.04 Å². The lowest BCUT2D eigenvalue weighted by Crippen LogP contribution is -2.50. The van der Waals surface area contributed by atoms with Gasteiger partial charge in [-0.25, -0.2) is 0 Å². The molecule has 3 aromatic carbocycles. The zero-order valence-corrected chi connectivity index (χ0v) is 23.8. The van der Waals surface area contributed by atoms with Crippen LogP contribution < -0.4 is 0 Å². The maximum Gasteiger partial charge on any atom is 0.254 e. The first-order chi connectivity index (χ1) is 19.6. The average molecular weight is 536 g/mol. The molecule has 2 fully saturated rings. The summed E-state index contributed by atoms with van der Waals surface area (Å²) in [5.41, 5.74) is 5.83. The van der Waals surface area contributed by atoms with Crippen molar-refractivity contribution in [2.24, 2.45) is 0 Å². The maximum absolute atomic E-state index is 13.2. The second-order valence-corrected chi connectivity index (χ2v) is 11.5. The van der Waals surface area contributed by atoms with Crippen molar-refractivity contribution in [2.45, 2.75) is 32.5 Å². The molecule has 0 spiro atoms. The molecule has 208 valence electrons. The Bertz CT molecular complexity index is 1360. The molecule has 0 aliphatic carbocycles. The van der Waals surface area contributed by atoms with Gasteiger partial charge < -0.3 is 9.88 Å². The zero-order valence-electron chi connectivity index (χ0n) is 23.8. The average Bonchev–Trinajstić information content (AvgIpc) is 3.40. The number of carbonyl (C=O) groups excluding carboxylic acids is 1. The minimum Gasteiger partial charge on any atom is -0.361 e. The molecule has 2 saturated heterocycles. The number of nitrogens with zero attached hydrogens (tertiary/aromatic N) is 4. The molecule has 4 aromatic rings. The van der Waals surface area contributed by atoms with Gasteiger partial charge in [-0.15, -0.1) is 0 Å². The van der Waals surface area contributed by atoms with Gasteiger partial charge in [0.25, 0.3) is 5.91 Å². The van der Waals surface area contributed by atoms with Gasteiger partial charge >= 0.3 is 0 Å². The molecule has 2 aliphatic rings. The number of aromatic amines is 1. The van der Waals surface area contributed by atoms with E-state index in [2.05, 4.69) is 106 Å². The molecule has 0 unspecified atom stereocenters. The predicted octanol–water partition coefficient (Wildman–Crippen LogP) is 5.24. The number of hydrogen-bond donors (Lipinski definition) is 1. The van der Waals surface area contributed by atoms with Crippen LogP contribution in [0.3, 0.4) is 0 Å². The maximum atomic E-state index is 13.2. The van der Waals surface area contributed by atoms with E-state index in [1.807, 2.05) is 17.0 Å². The molecular weight excluding hydrogens is 494 g/mol. The van der Waals surface area contributed by atoms with Gasteiger partial charge in [0.15, 0.2) is 0 Å². The van der Waals surface area contributed by atoms with Crippen LogP contribution in [0.2, 0.25) is 0 Å². The number of amides is 1. The van der Waals surface area contributed by atoms with Crippen LogP contribution in [0.4, 0.5) is 0 Å². The fourth-order valence-electron chi connectivity index (χ4n) is 6.38. The monoisotopic (exact) mass is 535 g/mol. The highest BCUT2D eigenvalue weighted by molar-refractivity contribution is 5.98. The van der Waals surface area contributed by atoms with Gasteiger partial charge in [-0.3, -0.25) is 19.5 Å². The lowest BCUT2D eigenvalue weighted by molar-refractivity contribution is 0.0595. The van der Waals surface area contributed by atoms with Gasteiger partial charge in [-0.05, 0) is 42.7 Å². The highest BCUT2D eigenvalue weighted by Gasteiger charge is 2.27. The summed E-state index contributed by atoms with van der Waals surface area (Å²) < 4.78 is 0. The van der Waals surface area contributed by atoms with Crippen LogP contribution in [-0.4, -0.2) is 88.9 Å². The predicted molar refractivity (Wildman–Crippen MR) is 162 cm³/mol. The third-order valence-corrected chi connectivity index (χ3v) is 8.74. The second-order valence-electron chi connectivity index (χ2n) is 11.5. The van der Waals surface area contributed by atoms with Crippen LogP contribution in [0, 0.1) is 0 Å². The van der Waals surface area contributed by atoms with E-state index in [0.717, 1.165) is 70.0 Å². The summed E-state index contributed by atoms with van der Waals surface area (Å²) in [6.45, 7) is 13.0. The Hall–Kier alpha value is -3.45. The zero-order chi connectivity index (χ0) is 27.5. The van der Waals surface area contributed by atoms with Crippen molar-refractivity contribution in [3.05, 3.63) is 107 Å². The van der Waals surface area contributed by atoms with Crippen LogP contribution in [0.15, 0.2) is 85.1 Å². The number of aromatic nitrogens is 1. The summed E-state index contributed by atoms with van der Waals surface area (Å²) in [5, 5.41) is 1.22. The molecule has 1 amide bonds. The van der Waals surface area contributed by atoms with Crippen molar-refractivity contribution in [2.75, 3.05) is 52.4 Å². The van der Waals surface area contributed by atoms with Crippen molar-refractivity contribution in [3.63, 3.8) is 0 Å². The van der Waals surface area contributed by atoms with Gasteiger partial charge in [0.2, 0.25) is 0 Å². The number of nitrogens with one attached hydrogen (secondary N) is 1. The number of H-pyrrole nitrogens is 1. The third kappa shape index (κ3) is 5.71. The summed E-state index contributed by atoms with van der Waals surface area (Å²) in [7, 11) is 0. The topological polar surface area (TPSA) is 45.8 Å². The van der Waals surface area contributed by atoms with Crippen LogP contribution in [-0.2, 0) is 6.54 Å². The first kappa shape index (κ1) is 26.8. The summed E-state index contributed by atoms with van der Waals surface area (Å²) >= 11 is 0. The molecule has 3 heterocycles. The first-order valence-electron chi connectivity index (χ1n) is 14.8. The van der Waals surface area contributed by atoms with Gasteiger partial charge in [0, 0.05) is 87.6 Å². The molecular formula is C34H41N5O. The summed E-state index contributed by atoms with van der Waals surface area (Å²) in [4.78, 5) is 26.3. The molecule has 0 atom stereocenters. The number of benzene rings is 3. The van der Waals surface area contributed by atoms with Crippen LogP contribution in [0.5, 0.6) is 0 Å². The van der Waals surface area contributed by atoms with Gasteiger partial charge in [-0.2, -0.15) is 0 Å². The fourth-order valence-corrected chi connectivity index (χ4v) is 6.38. The Morgan fingerprint density at radius 1 is 0.750 bits per heavy atom. The smallest absolute Gasteiger partial charge is 0.254 e. The Kier molecular flexibility index (Phi) is 8.00. The van der Waals surface area contributed by atoms with Crippen LogP contribution >= 0.6 is 0 Å². The lowest BCUT2D eigenvalue weighted by atomic mass is 9.96. The molecule has 6 heteroatoms. The highest BCUT2D eigenvalue weighted by Crippen LogP contribution is 2.30. The van der Waals surface area contributed by atoms with Crippen molar-refractivity contribution in [1.82, 2.24) is 24.6 Å². The van der Waals surface area contributed by atoms with Crippen molar-refractivity contribution in [1.29, 1.82) is 0 Å². The number of fused-ring (bicyclic) bond motifs is 1. The molecule has 6 rings (SSSR count). The third-order valence-electron chi connectivity index (χ3n) is 8.74. The van der Waals surface area contributed by atoms with E-state index in [-0.39, 0.29) is 11.9 Å². The van der Waals surface area contributed by atoms with Crippen LogP contribution in [0.25, 0.3) is 10.9 Å². The molecule has 0 bridgehead atoms. The Labute approximate surface area is 238 Å². The van der Waals surface area contributed by atoms with Crippen molar-refractivity contribution >= 4 is 16.8 Å². The highest BCUT2D eigenvalue weighted by atomic mass is 16.2. The van der Waals surface area contributed by atoms with Gasteiger partial charge in [-0.1, -0.05) is 66.7 Å². The van der Waals surface area contributed by atoms with Crippen molar-refractivity contribution < 1.29 is 4.79 Å². The number of rotatable bonds is 7. The summed E-state index contributed by atoms with van der Waals surface area (Å²) in [5.74, 6) is 0.143. The van der Waals surface area contributed by atoms with E-state index in [4.69, 9.17) is 0 Å². The Morgan fingerprint density at radius 2 is 1.35 bits per heavy atom. The number of piperazine rings is 2. The molecule has 0 saturated carbocycles. The van der Waals surface area contributed by atoms with E-state index < -0.39 is 0 Å². The van der Waals surface area contributed by atoms with E-state index in [1.165, 1.54) is 22.1 Å². The minimum absolute atomic E-state index is 0.143. The lowest BCUT2D eigenvalue weighted by Gasteiger charge is -2.39. The molecule has 2 aliphatic heterocycles. The van der Waals surface area contributed by atoms with Crippen molar-refractivity contribution in [3.8, 4) is 0 Å². The van der Waals surface area contributed by atoms with E-state index >= 15 is 0 Å². The molecule has 1 aromatic heterocycles. The SMILES string of the molecule is CC(C)N1CCN(C(=O)c2ccc3c(CN4CCN(C(c5ccccc5)c5ccccc5)CC4)c[nH]c3c2)CC1. The van der Waals surface area contributed by atoms with Gasteiger partial charge in [0.1, 0.15) is 0 Å². The molecule has 0 radical (unpaired) electrons. The Morgan fingerprint density at radius 3 is 1.95 bits per heavy atom. The molecule has 6 nitrogen and oxygen atoms in total. The largest absolute Gasteiger partial charge is 0.361 e. The Balaban J connectivity index is 1.10. The minimum atomic E-state index is 0.143. The molecule has 40 heavy (non-hydrogen) atoms. The first-order valence-corrected chi connectivity index (χ1v) is 14.8. The molecule has 1 N–H and O–H groups in total. The van der Waals surface area contributed by atoms with Crippen LogP contribution in [0.1, 0.15) is 46.9 Å². The van der Waals surface area contributed by atoms with E-state index in [1.54, 1.807) is 0 Å². The standard InChI is InChI=1S/C34H41N5O/c1-26(2)37-19-21-39(22-20-37)34(40)29-13-14-31-30(24-35-32(31)23-29)25-36-15-17-38(18-16-36)33(27-9-5-3-6-10-27)28-11-7-4-8-12-28/h3-14,23-24,26,33,35H,15-22,25H2,1-2H3. The quantitative estimate of drug-likeness (QED) is 0.352. The fraction of sp³-hybridized carbons (Fsp3) is 0.382. The van der Waals surface area contributed by atoms with E-state index in [9.17, 15) is 4.79 Å². The normalized spacial score (nSPS) is 17.8. The summed E-state index contributed by atoms with van der Waals surface area (Å²) in [6.07, 6.45) is 2.13. The number of carbonyl (C=O) groups is 1. The number of hydrogen-bond acceptors (Lipinski definition) is 4. The summed E-state index contributed by atoms with van der Waals surface area (Å²) in [6, 6.07) is 28.8. The second kappa shape index (κ2) is 12.0.